The monoisotopic (exact) mass is 329 g/mol. The Labute approximate surface area is 144 Å². The van der Waals surface area contributed by atoms with E-state index in [4.69, 9.17) is 4.84 Å². The lowest BCUT2D eigenvalue weighted by Gasteiger charge is -2.33. The van der Waals surface area contributed by atoms with Crippen LogP contribution >= 0.6 is 0 Å². The second-order valence-electron chi connectivity index (χ2n) is 7.15. The quantitative estimate of drug-likeness (QED) is 0.902. The van der Waals surface area contributed by atoms with Crippen molar-refractivity contribution >= 4 is 11.6 Å². The fourth-order valence-electron chi connectivity index (χ4n) is 3.42. The zero-order chi connectivity index (χ0) is 17.0. The topological polar surface area (TPSA) is 53.9 Å². The number of benzene rings is 1. The number of hydrogen-bond donors (Lipinski definition) is 1. The van der Waals surface area contributed by atoms with E-state index in [-0.39, 0.29) is 11.9 Å². The summed E-state index contributed by atoms with van der Waals surface area (Å²) in [5, 5.41) is 7.07. The normalized spacial score (nSPS) is 25.2. The van der Waals surface area contributed by atoms with Gasteiger partial charge in [-0.1, -0.05) is 35.5 Å². The average Bonchev–Trinajstić information content (AvgIpc) is 2.95. The molecular formula is C19H27N3O2. The average molecular weight is 329 g/mol. The van der Waals surface area contributed by atoms with Gasteiger partial charge in [0.1, 0.15) is 0 Å². The number of nitrogens with zero attached hydrogens (tertiary/aromatic N) is 2. The van der Waals surface area contributed by atoms with E-state index in [1.54, 1.807) is 0 Å². The van der Waals surface area contributed by atoms with Gasteiger partial charge in [-0.15, -0.1) is 0 Å². The molecule has 1 amide bonds. The number of amides is 1. The van der Waals surface area contributed by atoms with Crippen LogP contribution in [0.5, 0.6) is 0 Å². The molecule has 0 spiro atoms. The van der Waals surface area contributed by atoms with Gasteiger partial charge in [0, 0.05) is 32.1 Å². The van der Waals surface area contributed by atoms with E-state index in [0.717, 1.165) is 44.6 Å². The summed E-state index contributed by atoms with van der Waals surface area (Å²) >= 11 is 0. The van der Waals surface area contributed by atoms with Gasteiger partial charge in [-0.3, -0.25) is 4.79 Å². The van der Waals surface area contributed by atoms with Crippen LogP contribution in [0, 0.1) is 0 Å². The molecule has 0 saturated carbocycles. The summed E-state index contributed by atoms with van der Waals surface area (Å²) in [6, 6.07) is 10.8. The van der Waals surface area contributed by atoms with Crippen LogP contribution in [-0.2, 0) is 16.1 Å². The predicted molar refractivity (Wildman–Crippen MR) is 95.0 cm³/mol. The van der Waals surface area contributed by atoms with E-state index in [0.29, 0.717) is 6.42 Å². The van der Waals surface area contributed by atoms with Gasteiger partial charge in [-0.2, -0.15) is 0 Å². The van der Waals surface area contributed by atoms with Gasteiger partial charge in [0.2, 0.25) is 5.60 Å². The molecule has 1 aromatic carbocycles. The molecule has 1 aromatic rings. The van der Waals surface area contributed by atoms with Gasteiger partial charge in [-0.25, -0.2) is 0 Å². The maximum absolute atomic E-state index is 12.5. The number of piperidine rings is 1. The van der Waals surface area contributed by atoms with Crippen LogP contribution in [0.1, 0.15) is 38.7 Å². The zero-order valence-corrected chi connectivity index (χ0v) is 14.6. The number of oxime groups is 1. The first-order valence-electron chi connectivity index (χ1n) is 8.84. The van der Waals surface area contributed by atoms with Crippen molar-refractivity contribution in [2.45, 2.75) is 51.2 Å². The Morgan fingerprint density at radius 2 is 2.04 bits per heavy atom. The number of carbonyl (C=O) groups is 1. The van der Waals surface area contributed by atoms with E-state index in [1.807, 2.05) is 13.8 Å². The van der Waals surface area contributed by atoms with Gasteiger partial charge < -0.3 is 15.1 Å². The molecule has 1 atom stereocenters. The van der Waals surface area contributed by atoms with E-state index in [9.17, 15) is 4.79 Å². The fourth-order valence-corrected chi connectivity index (χ4v) is 3.42. The highest BCUT2D eigenvalue weighted by atomic mass is 16.7. The molecule has 0 unspecified atom stereocenters. The maximum Gasteiger partial charge on any atom is 0.267 e. The van der Waals surface area contributed by atoms with E-state index in [2.05, 4.69) is 45.7 Å². The Morgan fingerprint density at radius 3 is 2.67 bits per heavy atom. The molecule has 5 heteroatoms. The van der Waals surface area contributed by atoms with Gasteiger partial charge in [0.25, 0.3) is 5.91 Å². The minimum atomic E-state index is -0.825. The molecule has 2 heterocycles. The van der Waals surface area contributed by atoms with Crippen LogP contribution in [0.15, 0.2) is 35.5 Å². The molecule has 2 aliphatic rings. The van der Waals surface area contributed by atoms with E-state index in [1.165, 1.54) is 5.56 Å². The Hall–Kier alpha value is -1.88. The standard InChI is InChI=1S/C19H27N3O2/c1-15-14-19(2,24-21-15)18(23)20-17-9-12-22(13-10-17)11-8-16-6-4-3-5-7-16/h3-7,17H,8-14H2,1-2H3,(H,20,23)/t19-/m0/s1. The Bertz CT molecular complexity index is 594. The number of hydrogen-bond acceptors (Lipinski definition) is 4. The zero-order valence-electron chi connectivity index (χ0n) is 14.6. The molecule has 2 aliphatic heterocycles. The summed E-state index contributed by atoms with van der Waals surface area (Å²) in [6.45, 7) is 6.86. The van der Waals surface area contributed by atoms with Crippen LogP contribution in [0.4, 0.5) is 0 Å². The van der Waals surface area contributed by atoms with Crippen molar-refractivity contribution in [1.82, 2.24) is 10.2 Å². The number of nitrogens with one attached hydrogen (secondary N) is 1. The molecule has 0 radical (unpaired) electrons. The summed E-state index contributed by atoms with van der Waals surface area (Å²) in [6.07, 6.45) is 3.65. The first-order chi connectivity index (χ1) is 11.5. The molecule has 1 saturated heterocycles. The van der Waals surface area contributed by atoms with E-state index < -0.39 is 5.60 Å². The third-order valence-corrected chi connectivity index (χ3v) is 4.96. The highest BCUT2D eigenvalue weighted by molar-refractivity contribution is 5.94. The van der Waals surface area contributed by atoms with Gasteiger partial charge in [0.15, 0.2) is 0 Å². The SMILES string of the molecule is CC1=NO[C@](C)(C(=O)NC2CCN(CCc3ccccc3)CC2)C1. The van der Waals surface area contributed by atoms with Crippen molar-refractivity contribution in [3.05, 3.63) is 35.9 Å². The molecule has 5 nitrogen and oxygen atoms in total. The molecule has 1 fully saturated rings. The predicted octanol–water partition coefficient (Wildman–Crippen LogP) is 2.36. The molecule has 1 N–H and O–H groups in total. The van der Waals surface area contributed by atoms with Gasteiger partial charge in [0.05, 0.1) is 5.71 Å². The van der Waals surface area contributed by atoms with Crippen molar-refractivity contribution in [3.8, 4) is 0 Å². The maximum atomic E-state index is 12.5. The number of rotatable bonds is 5. The second kappa shape index (κ2) is 7.34. The lowest BCUT2D eigenvalue weighted by molar-refractivity contribution is -0.142. The second-order valence-corrected chi connectivity index (χ2v) is 7.15. The lowest BCUT2D eigenvalue weighted by Crippen LogP contribution is -2.51. The van der Waals surface area contributed by atoms with Crippen molar-refractivity contribution < 1.29 is 9.63 Å². The third kappa shape index (κ3) is 4.15. The smallest absolute Gasteiger partial charge is 0.267 e. The van der Waals surface area contributed by atoms with Crippen molar-refractivity contribution in [2.24, 2.45) is 5.16 Å². The van der Waals surface area contributed by atoms with Crippen molar-refractivity contribution in [3.63, 3.8) is 0 Å². The minimum Gasteiger partial charge on any atom is -0.379 e. The van der Waals surface area contributed by atoms with E-state index >= 15 is 0 Å². The summed E-state index contributed by atoms with van der Waals surface area (Å²) in [4.78, 5) is 20.3. The summed E-state index contributed by atoms with van der Waals surface area (Å²) in [7, 11) is 0. The van der Waals surface area contributed by atoms with Crippen molar-refractivity contribution in [2.75, 3.05) is 19.6 Å². The first-order valence-corrected chi connectivity index (χ1v) is 8.84. The number of likely N-dealkylation sites (tertiary alicyclic amines) is 1. The highest BCUT2D eigenvalue weighted by Crippen LogP contribution is 2.24. The third-order valence-electron chi connectivity index (χ3n) is 4.96. The first kappa shape index (κ1) is 17.0. The molecule has 3 rings (SSSR count). The minimum absolute atomic E-state index is 0.0363. The number of carbonyl (C=O) groups excluding carboxylic acids is 1. The van der Waals surface area contributed by atoms with Crippen LogP contribution < -0.4 is 5.32 Å². The molecular weight excluding hydrogens is 302 g/mol. The van der Waals surface area contributed by atoms with Crippen LogP contribution in [-0.4, -0.2) is 47.8 Å². The van der Waals surface area contributed by atoms with Crippen LogP contribution in [0.3, 0.4) is 0 Å². The van der Waals surface area contributed by atoms with Crippen LogP contribution in [0.2, 0.25) is 0 Å². The highest BCUT2D eigenvalue weighted by Gasteiger charge is 2.41. The summed E-state index contributed by atoms with van der Waals surface area (Å²) < 4.78 is 0. The van der Waals surface area contributed by atoms with Gasteiger partial charge >= 0.3 is 0 Å². The molecule has 0 aliphatic carbocycles. The summed E-state index contributed by atoms with van der Waals surface area (Å²) in [5.74, 6) is -0.0363. The molecule has 0 aromatic heterocycles. The Morgan fingerprint density at radius 1 is 1.33 bits per heavy atom. The molecule has 0 bridgehead atoms. The van der Waals surface area contributed by atoms with Gasteiger partial charge in [-0.05, 0) is 38.7 Å². The largest absolute Gasteiger partial charge is 0.379 e. The molecule has 24 heavy (non-hydrogen) atoms. The Kier molecular flexibility index (Phi) is 5.19. The van der Waals surface area contributed by atoms with Crippen molar-refractivity contribution in [1.29, 1.82) is 0 Å². The molecule has 130 valence electrons. The summed E-state index contributed by atoms with van der Waals surface area (Å²) in [5.41, 5.74) is 1.44. The lowest BCUT2D eigenvalue weighted by atomic mass is 9.97. The fraction of sp³-hybridized carbons (Fsp3) is 0.579. The Balaban J connectivity index is 1.40. The van der Waals surface area contributed by atoms with Crippen LogP contribution in [0.25, 0.3) is 0 Å².